The standard InChI is InChI=1S/C13H10ClN3OS2/c14-10-4-2-1-3-8(10)5-9-6-16-13(20-9)17-11(18)7-19-12(17)15/h1-4,6,15H,5,7H2. The Bertz CT molecular complexity index is 670. The quantitative estimate of drug-likeness (QED) is 0.941. The second-order valence-electron chi connectivity index (χ2n) is 4.20. The van der Waals surface area contributed by atoms with Crippen LogP contribution in [-0.2, 0) is 11.2 Å². The molecule has 102 valence electrons. The maximum Gasteiger partial charge on any atom is 0.245 e. The van der Waals surface area contributed by atoms with E-state index >= 15 is 0 Å². The van der Waals surface area contributed by atoms with Crippen LogP contribution in [0.4, 0.5) is 5.13 Å². The first-order valence-electron chi connectivity index (χ1n) is 5.87. The van der Waals surface area contributed by atoms with Crippen LogP contribution in [0.3, 0.4) is 0 Å². The highest BCUT2D eigenvalue weighted by Crippen LogP contribution is 2.31. The molecule has 3 rings (SSSR count). The monoisotopic (exact) mass is 323 g/mol. The van der Waals surface area contributed by atoms with Crippen LogP contribution in [0.5, 0.6) is 0 Å². The van der Waals surface area contributed by atoms with Gasteiger partial charge >= 0.3 is 0 Å². The second kappa shape index (κ2) is 5.55. The summed E-state index contributed by atoms with van der Waals surface area (Å²) in [6.07, 6.45) is 2.42. The number of thioether (sulfide) groups is 1. The van der Waals surface area contributed by atoms with Gasteiger partial charge in [0.15, 0.2) is 10.3 Å². The minimum absolute atomic E-state index is 0.0846. The van der Waals surface area contributed by atoms with Crippen molar-refractivity contribution in [3.63, 3.8) is 0 Å². The smallest absolute Gasteiger partial charge is 0.245 e. The lowest BCUT2D eigenvalue weighted by Crippen LogP contribution is -2.28. The van der Waals surface area contributed by atoms with Crippen LogP contribution in [0, 0.1) is 5.41 Å². The van der Waals surface area contributed by atoms with E-state index in [4.69, 9.17) is 17.0 Å². The van der Waals surface area contributed by atoms with Crippen LogP contribution < -0.4 is 4.90 Å². The van der Waals surface area contributed by atoms with E-state index in [1.54, 1.807) is 6.20 Å². The van der Waals surface area contributed by atoms with Gasteiger partial charge in [0, 0.05) is 22.5 Å². The van der Waals surface area contributed by atoms with Crippen molar-refractivity contribution in [3.8, 4) is 0 Å². The van der Waals surface area contributed by atoms with Crippen molar-refractivity contribution in [3.05, 3.63) is 45.9 Å². The number of halogens is 1. The SMILES string of the molecule is N=C1SCC(=O)N1c1ncc(Cc2ccccc2Cl)s1. The van der Waals surface area contributed by atoms with Gasteiger partial charge in [-0.05, 0) is 11.6 Å². The maximum atomic E-state index is 11.7. The van der Waals surface area contributed by atoms with Gasteiger partial charge in [-0.25, -0.2) is 9.88 Å². The van der Waals surface area contributed by atoms with Crippen LogP contribution in [0.25, 0.3) is 0 Å². The molecule has 1 aromatic heterocycles. The molecule has 0 atom stereocenters. The highest BCUT2D eigenvalue weighted by atomic mass is 35.5. The number of rotatable bonds is 3. The maximum absolute atomic E-state index is 11.7. The molecule has 0 radical (unpaired) electrons. The van der Waals surface area contributed by atoms with E-state index in [0.29, 0.717) is 17.3 Å². The van der Waals surface area contributed by atoms with Gasteiger partial charge in [-0.15, -0.1) is 11.3 Å². The second-order valence-corrected chi connectivity index (χ2v) is 6.67. The van der Waals surface area contributed by atoms with Gasteiger partial charge in [0.1, 0.15) is 0 Å². The number of benzene rings is 1. The first kappa shape index (κ1) is 13.6. The summed E-state index contributed by atoms with van der Waals surface area (Å²) in [6, 6.07) is 7.67. The first-order chi connectivity index (χ1) is 9.65. The molecule has 1 fully saturated rings. The largest absolute Gasteiger partial charge is 0.278 e. The summed E-state index contributed by atoms with van der Waals surface area (Å²) in [7, 11) is 0. The van der Waals surface area contributed by atoms with Crippen LogP contribution in [-0.4, -0.2) is 21.8 Å². The molecule has 1 aromatic carbocycles. The molecule has 1 amide bonds. The molecular formula is C13H10ClN3OS2. The summed E-state index contributed by atoms with van der Waals surface area (Å²) >= 11 is 8.79. The minimum Gasteiger partial charge on any atom is -0.278 e. The molecule has 0 saturated carbocycles. The lowest BCUT2D eigenvalue weighted by Gasteiger charge is -2.09. The molecule has 0 bridgehead atoms. The lowest BCUT2D eigenvalue weighted by molar-refractivity contribution is -0.115. The van der Waals surface area contributed by atoms with Crippen molar-refractivity contribution in [1.82, 2.24) is 4.98 Å². The van der Waals surface area contributed by atoms with E-state index < -0.39 is 0 Å². The fourth-order valence-corrected chi connectivity index (χ4v) is 3.80. The number of nitrogens with one attached hydrogen (secondary N) is 1. The summed E-state index contributed by atoms with van der Waals surface area (Å²) in [4.78, 5) is 18.4. The van der Waals surface area contributed by atoms with Crippen molar-refractivity contribution in [2.24, 2.45) is 0 Å². The zero-order valence-corrected chi connectivity index (χ0v) is 12.7. The molecule has 7 heteroatoms. The number of thiazole rings is 1. The topological polar surface area (TPSA) is 57.1 Å². The zero-order chi connectivity index (χ0) is 14.1. The summed E-state index contributed by atoms with van der Waals surface area (Å²) in [6.45, 7) is 0. The molecule has 0 aliphatic carbocycles. The highest BCUT2D eigenvalue weighted by molar-refractivity contribution is 8.15. The number of nitrogens with zero attached hydrogens (tertiary/aromatic N) is 2. The van der Waals surface area contributed by atoms with Gasteiger partial charge in [0.25, 0.3) is 0 Å². The van der Waals surface area contributed by atoms with Crippen LogP contribution in [0.2, 0.25) is 5.02 Å². The average Bonchev–Trinajstić information content (AvgIpc) is 3.00. The fourth-order valence-electron chi connectivity index (χ4n) is 1.88. The molecule has 2 heterocycles. The van der Waals surface area contributed by atoms with E-state index in [0.717, 1.165) is 15.5 Å². The molecule has 1 aliphatic rings. The molecule has 4 nitrogen and oxygen atoms in total. The van der Waals surface area contributed by atoms with Crippen molar-refractivity contribution in [2.75, 3.05) is 10.7 Å². The number of carbonyl (C=O) groups is 1. The Hall–Kier alpha value is -1.37. The van der Waals surface area contributed by atoms with E-state index in [9.17, 15) is 4.79 Å². The predicted octanol–water partition coefficient (Wildman–Crippen LogP) is 3.40. The average molecular weight is 324 g/mol. The Balaban J connectivity index is 1.82. The number of aromatic nitrogens is 1. The Labute approximate surface area is 129 Å². The van der Waals surface area contributed by atoms with Gasteiger partial charge in [-0.2, -0.15) is 0 Å². The highest BCUT2D eigenvalue weighted by Gasteiger charge is 2.30. The Morgan fingerprint density at radius 1 is 1.40 bits per heavy atom. The van der Waals surface area contributed by atoms with Crippen LogP contribution >= 0.6 is 34.7 Å². The van der Waals surface area contributed by atoms with Gasteiger partial charge in [-0.3, -0.25) is 10.2 Å². The normalized spacial score (nSPS) is 15.2. The number of carbonyl (C=O) groups excluding carboxylic acids is 1. The van der Waals surface area contributed by atoms with E-state index in [-0.39, 0.29) is 11.1 Å². The number of amides is 1. The molecule has 0 spiro atoms. The fraction of sp³-hybridized carbons (Fsp3) is 0.154. The third-order valence-corrected chi connectivity index (χ3v) is 5.04. The third kappa shape index (κ3) is 2.59. The Morgan fingerprint density at radius 3 is 2.90 bits per heavy atom. The zero-order valence-electron chi connectivity index (χ0n) is 10.3. The molecule has 2 aromatic rings. The van der Waals surface area contributed by atoms with E-state index in [1.807, 2.05) is 24.3 Å². The van der Waals surface area contributed by atoms with E-state index in [2.05, 4.69) is 4.98 Å². The van der Waals surface area contributed by atoms with Gasteiger partial charge in [-0.1, -0.05) is 41.6 Å². The van der Waals surface area contributed by atoms with Crippen molar-refractivity contribution in [2.45, 2.75) is 6.42 Å². The predicted molar refractivity (Wildman–Crippen MR) is 84.0 cm³/mol. The van der Waals surface area contributed by atoms with Gasteiger partial charge < -0.3 is 0 Å². The van der Waals surface area contributed by atoms with E-state index in [1.165, 1.54) is 28.0 Å². The molecule has 1 aliphatic heterocycles. The Morgan fingerprint density at radius 2 is 2.20 bits per heavy atom. The number of hydrogen-bond donors (Lipinski definition) is 1. The summed E-state index contributed by atoms with van der Waals surface area (Å²) in [5, 5.41) is 9.28. The van der Waals surface area contributed by atoms with Crippen molar-refractivity contribution >= 4 is 50.9 Å². The van der Waals surface area contributed by atoms with Crippen molar-refractivity contribution in [1.29, 1.82) is 5.41 Å². The summed E-state index contributed by atoms with van der Waals surface area (Å²) < 4.78 is 0. The minimum atomic E-state index is -0.0846. The van der Waals surface area contributed by atoms with Gasteiger partial charge in [0.2, 0.25) is 5.91 Å². The summed E-state index contributed by atoms with van der Waals surface area (Å²) in [5.41, 5.74) is 1.03. The summed E-state index contributed by atoms with van der Waals surface area (Å²) in [5.74, 6) is 0.233. The molecule has 0 unspecified atom stereocenters. The van der Waals surface area contributed by atoms with Gasteiger partial charge in [0.05, 0.1) is 5.75 Å². The number of amidine groups is 1. The van der Waals surface area contributed by atoms with Crippen molar-refractivity contribution < 1.29 is 4.79 Å². The molecule has 20 heavy (non-hydrogen) atoms. The van der Waals surface area contributed by atoms with Crippen LogP contribution in [0.1, 0.15) is 10.4 Å². The first-order valence-corrected chi connectivity index (χ1v) is 8.05. The number of hydrogen-bond acceptors (Lipinski definition) is 5. The Kier molecular flexibility index (Phi) is 3.78. The van der Waals surface area contributed by atoms with Crippen LogP contribution in [0.15, 0.2) is 30.5 Å². The number of anilines is 1. The molecule has 1 saturated heterocycles. The third-order valence-electron chi connectivity index (χ3n) is 2.84. The molecule has 1 N–H and O–H groups in total. The lowest BCUT2D eigenvalue weighted by atomic mass is 10.1. The molecular weight excluding hydrogens is 314 g/mol.